The molecule has 2 atom stereocenters. The van der Waals surface area contributed by atoms with Crippen molar-refractivity contribution >= 4 is 6.08 Å². The topological polar surface area (TPSA) is 66.1 Å². The van der Waals surface area contributed by atoms with Crippen molar-refractivity contribution in [2.75, 3.05) is 27.3 Å². The van der Waals surface area contributed by atoms with E-state index in [2.05, 4.69) is 42.2 Å². The fourth-order valence-corrected chi connectivity index (χ4v) is 5.35. The van der Waals surface area contributed by atoms with Crippen LogP contribution in [-0.4, -0.2) is 42.9 Å². The molecule has 7 heteroatoms. The molecular weight excluding hydrogens is 468 g/mol. The highest BCUT2D eigenvalue weighted by Gasteiger charge is 2.29. The van der Waals surface area contributed by atoms with Gasteiger partial charge in [0.25, 0.3) is 0 Å². The summed E-state index contributed by atoms with van der Waals surface area (Å²) in [6, 6.07) is 14.3. The average Bonchev–Trinajstić information content (AvgIpc) is 3.26. The molecule has 1 aromatic heterocycles. The second-order valence-electron chi connectivity index (χ2n) is 9.89. The molecule has 7 nitrogen and oxygen atoms in total. The maximum atomic E-state index is 12.7. The molecule has 5 rings (SSSR count). The summed E-state index contributed by atoms with van der Waals surface area (Å²) in [5, 5.41) is 0. The van der Waals surface area contributed by atoms with Gasteiger partial charge in [0, 0.05) is 25.6 Å². The molecule has 0 saturated heterocycles. The van der Waals surface area contributed by atoms with Gasteiger partial charge in [-0.1, -0.05) is 43.3 Å². The summed E-state index contributed by atoms with van der Waals surface area (Å²) in [6.07, 6.45) is 6.84. The van der Waals surface area contributed by atoms with Crippen molar-refractivity contribution in [1.82, 2.24) is 9.47 Å². The first-order valence-electron chi connectivity index (χ1n) is 13.1. The number of methoxy groups -OCH3 is 2. The lowest BCUT2D eigenvalue weighted by atomic mass is 9.94. The Morgan fingerprint density at radius 3 is 2.49 bits per heavy atom. The van der Waals surface area contributed by atoms with Crippen molar-refractivity contribution in [3.05, 3.63) is 87.2 Å². The van der Waals surface area contributed by atoms with Gasteiger partial charge in [-0.25, -0.2) is 4.79 Å². The monoisotopic (exact) mass is 504 g/mol. The summed E-state index contributed by atoms with van der Waals surface area (Å²) in [5.41, 5.74) is 4.64. The molecule has 0 amide bonds. The van der Waals surface area contributed by atoms with Crippen LogP contribution in [0.2, 0.25) is 0 Å². The van der Waals surface area contributed by atoms with Gasteiger partial charge in [-0.3, -0.25) is 9.47 Å². The summed E-state index contributed by atoms with van der Waals surface area (Å²) in [6.45, 7) is 6.16. The van der Waals surface area contributed by atoms with E-state index in [1.807, 2.05) is 24.3 Å². The molecule has 0 saturated carbocycles. The summed E-state index contributed by atoms with van der Waals surface area (Å²) < 4.78 is 24.5. The van der Waals surface area contributed by atoms with Crippen LogP contribution in [0.25, 0.3) is 6.08 Å². The minimum atomic E-state index is -0.279. The molecule has 196 valence electrons. The number of oxazole rings is 1. The van der Waals surface area contributed by atoms with Crippen molar-refractivity contribution in [2.24, 2.45) is 0 Å². The Morgan fingerprint density at radius 1 is 1.00 bits per heavy atom. The molecule has 2 aromatic carbocycles. The van der Waals surface area contributed by atoms with Gasteiger partial charge < -0.3 is 18.6 Å². The molecule has 2 unspecified atom stereocenters. The van der Waals surface area contributed by atoms with E-state index >= 15 is 0 Å². The quantitative estimate of drug-likeness (QED) is 0.362. The van der Waals surface area contributed by atoms with E-state index in [4.69, 9.17) is 18.6 Å². The Hall–Kier alpha value is -3.29. The van der Waals surface area contributed by atoms with Crippen LogP contribution in [0.15, 0.2) is 57.8 Å². The summed E-state index contributed by atoms with van der Waals surface area (Å²) in [7, 11) is 3.35. The van der Waals surface area contributed by atoms with Crippen molar-refractivity contribution in [3.8, 4) is 11.5 Å². The van der Waals surface area contributed by atoms with Crippen molar-refractivity contribution < 1.29 is 18.6 Å². The Labute approximate surface area is 218 Å². The largest absolute Gasteiger partial charge is 0.493 e. The molecule has 37 heavy (non-hydrogen) atoms. The third-order valence-electron chi connectivity index (χ3n) is 7.50. The van der Waals surface area contributed by atoms with Gasteiger partial charge in [-0.2, -0.15) is 0 Å². The van der Waals surface area contributed by atoms with Gasteiger partial charge >= 0.3 is 5.76 Å². The number of ether oxygens (including phenoxy) is 3. The maximum Gasteiger partial charge on any atom is 0.419 e. The van der Waals surface area contributed by atoms with Gasteiger partial charge in [0.15, 0.2) is 11.5 Å². The number of fused-ring (bicyclic) bond motifs is 2. The minimum Gasteiger partial charge on any atom is -0.493 e. The van der Waals surface area contributed by atoms with E-state index in [9.17, 15) is 4.79 Å². The number of aromatic nitrogens is 1. The second kappa shape index (κ2) is 11.4. The zero-order valence-electron chi connectivity index (χ0n) is 21.9. The van der Waals surface area contributed by atoms with Crippen molar-refractivity contribution in [1.29, 1.82) is 0 Å². The van der Waals surface area contributed by atoms with Gasteiger partial charge in [0.1, 0.15) is 5.76 Å². The lowest BCUT2D eigenvalue weighted by molar-refractivity contribution is 0.0520. The summed E-state index contributed by atoms with van der Waals surface area (Å²) >= 11 is 0. The Kier molecular flexibility index (Phi) is 7.82. The van der Waals surface area contributed by atoms with Crippen LogP contribution in [0.3, 0.4) is 0 Å². The van der Waals surface area contributed by atoms with Gasteiger partial charge in [-0.05, 0) is 60.7 Å². The van der Waals surface area contributed by atoms with Crippen LogP contribution in [0.4, 0.5) is 0 Å². The van der Waals surface area contributed by atoms with Gasteiger partial charge in [0.2, 0.25) is 0 Å². The molecule has 0 bridgehead atoms. The highest BCUT2D eigenvalue weighted by Crippen LogP contribution is 2.34. The minimum absolute atomic E-state index is 0.0123. The fraction of sp³-hybridized carbons (Fsp3) is 0.433. The molecule has 3 aromatic rings. The Bertz CT molecular complexity index is 1290. The van der Waals surface area contributed by atoms with E-state index in [1.54, 1.807) is 18.8 Å². The zero-order chi connectivity index (χ0) is 25.8. The molecule has 0 spiro atoms. The van der Waals surface area contributed by atoms with Crippen LogP contribution in [0.5, 0.6) is 11.5 Å². The van der Waals surface area contributed by atoms with E-state index in [0.717, 1.165) is 67.4 Å². The highest BCUT2D eigenvalue weighted by molar-refractivity contribution is 5.53. The Balaban J connectivity index is 1.14. The highest BCUT2D eigenvalue weighted by atomic mass is 16.5. The number of unbranched alkanes of at least 4 members (excludes halogenated alkanes) is 1. The smallest absolute Gasteiger partial charge is 0.419 e. The Morgan fingerprint density at radius 2 is 1.73 bits per heavy atom. The normalized spacial score (nSPS) is 18.9. The van der Waals surface area contributed by atoms with Crippen molar-refractivity contribution in [3.63, 3.8) is 0 Å². The van der Waals surface area contributed by atoms with E-state index in [1.165, 1.54) is 11.1 Å². The van der Waals surface area contributed by atoms with Crippen LogP contribution >= 0.6 is 0 Å². The predicted octanol–water partition coefficient (Wildman–Crippen LogP) is 5.01. The lowest BCUT2D eigenvalue weighted by Gasteiger charge is -2.29. The molecule has 1 aliphatic heterocycles. The number of hydrogen-bond acceptors (Lipinski definition) is 6. The van der Waals surface area contributed by atoms with Gasteiger partial charge in [0.05, 0.1) is 32.6 Å². The first-order valence-corrected chi connectivity index (χ1v) is 13.1. The van der Waals surface area contributed by atoms with Crippen LogP contribution in [-0.2, 0) is 30.9 Å². The van der Waals surface area contributed by atoms with Crippen LogP contribution in [0, 0.1) is 0 Å². The maximum absolute atomic E-state index is 12.7. The molecule has 0 radical (unpaired) electrons. The first-order chi connectivity index (χ1) is 18.1. The van der Waals surface area contributed by atoms with Gasteiger partial charge in [-0.15, -0.1) is 0 Å². The van der Waals surface area contributed by atoms with Crippen LogP contribution in [0.1, 0.15) is 53.8 Å². The molecular formula is C30H36N2O5. The molecule has 2 heterocycles. The standard InChI is InChI=1S/C30H36N2O5/c1-21-26(36-20-22-9-5-4-6-10-22)12-11-25-29(21)37-30(33)32(25)15-8-7-14-31-16-13-23-17-27(34-2)28(35-3)18-24(23)19-31/h4-6,9-12,17-18,21,26H,7-8,13-16,19-20H2,1-3H3. The number of benzene rings is 2. The van der Waals surface area contributed by atoms with E-state index in [0.29, 0.717) is 13.2 Å². The average molecular weight is 505 g/mol. The number of rotatable bonds is 10. The van der Waals surface area contributed by atoms with E-state index < -0.39 is 0 Å². The van der Waals surface area contributed by atoms with Crippen LogP contribution < -0.4 is 15.2 Å². The predicted molar refractivity (Wildman–Crippen MR) is 143 cm³/mol. The lowest BCUT2D eigenvalue weighted by Crippen LogP contribution is -2.31. The van der Waals surface area contributed by atoms with E-state index in [-0.39, 0.29) is 17.8 Å². The third-order valence-corrected chi connectivity index (χ3v) is 7.50. The third kappa shape index (κ3) is 5.53. The van der Waals surface area contributed by atoms with Crippen molar-refractivity contribution in [2.45, 2.75) is 57.9 Å². The molecule has 0 fully saturated rings. The SMILES string of the molecule is COc1cc2c(cc1OC)CN(CCCCn1c3c(oc1=O)C(C)C(OCc1ccccc1)C=C3)CC2. The molecule has 0 N–H and O–H groups in total. The fourth-order valence-electron chi connectivity index (χ4n) is 5.35. The molecule has 1 aliphatic carbocycles. The summed E-state index contributed by atoms with van der Waals surface area (Å²) in [5.74, 6) is 2.01. The number of hydrogen-bond donors (Lipinski definition) is 0. The first kappa shape index (κ1) is 25.4. The molecule has 2 aliphatic rings. The number of nitrogens with zero attached hydrogens (tertiary/aromatic N) is 2. The zero-order valence-corrected chi connectivity index (χ0v) is 21.9. The summed E-state index contributed by atoms with van der Waals surface area (Å²) in [4.78, 5) is 15.1. The second-order valence-corrected chi connectivity index (χ2v) is 9.89.